The van der Waals surface area contributed by atoms with Gasteiger partial charge >= 0.3 is 0 Å². The van der Waals surface area contributed by atoms with Crippen molar-refractivity contribution in [1.82, 2.24) is 4.31 Å². The lowest BCUT2D eigenvalue weighted by molar-refractivity contribution is -0.118. The summed E-state index contributed by atoms with van der Waals surface area (Å²) in [6.07, 6.45) is 2.64. The number of hydrogen-bond acceptors (Lipinski definition) is 5. The Hall–Kier alpha value is -1.37. The number of ketones is 1. The molecule has 0 aromatic heterocycles. The van der Waals surface area contributed by atoms with Crippen LogP contribution in [-0.2, 0) is 9.53 Å². The van der Waals surface area contributed by atoms with Gasteiger partial charge in [-0.05, 0) is 25.0 Å². The van der Waals surface area contributed by atoms with E-state index in [0.717, 1.165) is 50.6 Å². The smallest absolute Gasteiger partial charge is 0.227 e. The van der Waals surface area contributed by atoms with Gasteiger partial charge in [0.25, 0.3) is 0 Å². The van der Waals surface area contributed by atoms with Crippen molar-refractivity contribution in [2.75, 3.05) is 43.5 Å². The monoisotopic (exact) mass is 348 g/mol. The van der Waals surface area contributed by atoms with Crippen molar-refractivity contribution in [3.8, 4) is 0 Å². The van der Waals surface area contributed by atoms with Gasteiger partial charge in [-0.3, -0.25) is 9.59 Å². The lowest BCUT2D eigenvalue weighted by Crippen LogP contribution is -2.32. The van der Waals surface area contributed by atoms with E-state index >= 15 is 0 Å². The summed E-state index contributed by atoms with van der Waals surface area (Å²) in [7, 11) is 0. The van der Waals surface area contributed by atoms with Crippen LogP contribution >= 0.6 is 11.9 Å². The fourth-order valence-corrected chi connectivity index (χ4v) is 4.05. The Kier molecular flexibility index (Phi) is 6.29. The lowest BCUT2D eigenvalue weighted by Gasteiger charge is -2.25. The summed E-state index contributed by atoms with van der Waals surface area (Å²) in [5.74, 6) is 1.20. The third kappa shape index (κ3) is 4.37. The molecule has 1 aromatic carbocycles. The summed E-state index contributed by atoms with van der Waals surface area (Å²) < 4.78 is 7.70. The van der Waals surface area contributed by atoms with Crippen LogP contribution < -0.4 is 4.90 Å². The number of ether oxygens (including phenoxy) is 1. The predicted octanol–water partition coefficient (Wildman–Crippen LogP) is 2.76. The number of rotatable bonds is 6. The van der Waals surface area contributed by atoms with Gasteiger partial charge in [0, 0.05) is 43.8 Å². The normalized spacial score (nSPS) is 19.2. The summed E-state index contributed by atoms with van der Waals surface area (Å²) in [4.78, 5) is 26.3. The van der Waals surface area contributed by atoms with Gasteiger partial charge in [0.15, 0.2) is 5.78 Å². The number of unbranched alkanes of at least 4 members (excludes halogenated alkanes) is 1. The number of para-hydroxylation sites is 1. The zero-order valence-corrected chi connectivity index (χ0v) is 14.7. The Morgan fingerprint density at radius 2 is 1.83 bits per heavy atom. The van der Waals surface area contributed by atoms with E-state index in [4.69, 9.17) is 4.74 Å². The lowest BCUT2D eigenvalue weighted by atomic mass is 10.1. The topological polar surface area (TPSA) is 49.9 Å². The van der Waals surface area contributed by atoms with Gasteiger partial charge in [0.05, 0.1) is 18.9 Å². The molecule has 0 aliphatic carbocycles. The van der Waals surface area contributed by atoms with Crippen LogP contribution in [0.15, 0.2) is 24.3 Å². The molecule has 0 spiro atoms. The summed E-state index contributed by atoms with van der Waals surface area (Å²) in [6.45, 7) is 4.31. The maximum absolute atomic E-state index is 12.4. The predicted molar refractivity (Wildman–Crippen MR) is 96.4 cm³/mol. The third-order valence-corrected chi connectivity index (χ3v) is 5.58. The first kappa shape index (κ1) is 17.5. The van der Waals surface area contributed by atoms with E-state index < -0.39 is 0 Å². The van der Waals surface area contributed by atoms with Crippen LogP contribution in [0.25, 0.3) is 0 Å². The van der Waals surface area contributed by atoms with E-state index in [9.17, 15) is 9.59 Å². The first-order valence-corrected chi connectivity index (χ1v) is 9.58. The van der Waals surface area contributed by atoms with Crippen molar-refractivity contribution in [3.63, 3.8) is 0 Å². The Morgan fingerprint density at radius 1 is 1.04 bits per heavy atom. The van der Waals surface area contributed by atoms with E-state index in [0.29, 0.717) is 24.9 Å². The maximum atomic E-state index is 12.4. The molecular weight excluding hydrogens is 324 g/mol. The molecular formula is C18H24N2O3S. The molecule has 24 heavy (non-hydrogen) atoms. The number of anilines is 1. The van der Waals surface area contributed by atoms with Crippen LogP contribution in [0.4, 0.5) is 5.69 Å². The largest absolute Gasteiger partial charge is 0.379 e. The molecule has 0 atom stereocenters. The zero-order chi connectivity index (χ0) is 16.8. The number of morpholine rings is 1. The van der Waals surface area contributed by atoms with Gasteiger partial charge in [0.1, 0.15) is 0 Å². The molecule has 2 heterocycles. The average molecular weight is 348 g/mol. The standard InChI is InChI=1S/C18H24N2O3S/c21-17-7-8-18(22)20(16-6-2-1-5-15(16)17)9-3-4-14-24-19-10-12-23-13-11-19/h1-2,5-6H,3-4,7-14H2. The van der Waals surface area contributed by atoms with Gasteiger partial charge < -0.3 is 9.64 Å². The van der Waals surface area contributed by atoms with E-state index in [-0.39, 0.29) is 11.7 Å². The number of benzene rings is 1. The Morgan fingerprint density at radius 3 is 2.67 bits per heavy atom. The Labute approximate surface area is 147 Å². The van der Waals surface area contributed by atoms with Gasteiger partial charge in [-0.1, -0.05) is 24.1 Å². The molecule has 0 N–H and O–H groups in total. The minimum Gasteiger partial charge on any atom is -0.379 e. The molecule has 130 valence electrons. The molecule has 0 saturated carbocycles. The van der Waals surface area contributed by atoms with Crippen molar-refractivity contribution in [3.05, 3.63) is 29.8 Å². The van der Waals surface area contributed by atoms with Crippen LogP contribution in [0, 0.1) is 0 Å². The minimum atomic E-state index is 0.0640. The van der Waals surface area contributed by atoms with Gasteiger partial charge in [-0.2, -0.15) is 0 Å². The number of amides is 1. The van der Waals surface area contributed by atoms with Crippen LogP contribution in [0.2, 0.25) is 0 Å². The molecule has 1 fully saturated rings. The second-order valence-electron chi connectivity index (χ2n) is 6.07. The maximum Gasteiger partial charge on any atom is 0.227 e. The van der Waals surface area contributed by atoms with Crippen molar-refractivity contribution >= 4 is 29.3 Å². The molecule has 2 aliphatic heterocycles. The quantitative estimate of drug-likeness (QED) is 0.584. The number of nitrogens with zero attached hydrogens (tertiary/aromatic N) is 2. The molecule has 5 nitrogen and oxygen atoms in total. The summed E-state index contributed by atoms with van der Waals surface area (Å²) >= 11 is 1.87. The number of fused-ring (bicyclic) bond motifs is 1. The van der Waals surface area contributed by atoms with Gasteiger partial charge in [-0.25, -0.2) is 4.31 Å². The highest BCUT2D eigenvalue weighted by molar-refractivity contribution is 7.97. The molecule has 1 saturated heterocycles. The van der Waals surface area contributed by atoms with Crippen LogP contribution in [0.5, 0.6) is 0 Å². The summed E-state index contributed by atoms with van der Waals surface area (Å²) in [5.41, 5.74) is 1.47. The number of carbonyl (C=O) groups excluding carboxylic acids is 2. The molecule has 3 rings (SSSR count). The molecule has 6 heteroatoms. The zero-order valence-electron chi connectivity index (χ0n) is 13.9. The molecule has 1 aromatic rings. The fraction of sp³-hybridized carbons (Fsp3) is 0.556. The van der Waals surface area contributed by atoms with E-state index in [1.54, 1.807) is 4.90 Å². The fourth-order valence-electron chi connectivity index (χ4n) is 3.06. The van der Waals surface area contributed by atoms with Crippen LogP contribution in [-0.4, -0.2) is 54.6 Å². The molecule has 0 unspecified atom stereocenters. The molecule has 0 bridgehead atoms. The van der Waals surface area contributed by atoms with Crippen molar-refractivity contribution in [1.29, 1.82) is 0 Å². The first-order chi connectivity index (χ1) is 11.8. The van der Waals surface area contributed by atoms with Crippen molar-refractivity contribution < 1.29 is 14.3 Å². The van der Waals surface area contributed by atoms with Gasteiger partial charge in [-0.15, -0.1) is 0 Å². The van der Waals surface area contributed by atoms with Crippen molar-refractivity contribution in [2.45, 2.75) is 25.7 Å². The molecule has 2 aliphatic rings. The molecule has 1 amide bonds. The Balaban J connectivity index is 1.51. The Bertz CT molecular complexity index is 587. The molecule has 0 radical (unpaired) electrons. The van der Waals surface area contributed by atoms with Crippen LogP contribution in [0.3, 0.4) is 0 Å². The summed E-state index contributed by atoms with van der Waals surface area (Å²) in [5, 5.41) is 0. The highest BCUT2D eigenvalue weighted by Gasteiger charge is 2.25. The average Bonchev–Trinajstić information content (AvgIpc) is 2.74. The van der Waals surface area contributed by atoms with Crippen molar-refractivity contribution in [2.24, 2.45) is 0 Å². The number of hydrogen-bond donors (Lipinski definition) is 0. The van der Waals surface area contributed by atoms with E-state index in [2.05, 4.69) is 4.31 Å². The second-order valence-corrected chi connectivity index (χ2v) is 7.25. The highest BCUT2D eigenvalue weighted by atomic mass is 32.2. The third-order valence-electron chi connectivity index (χ3n) is 4.38. The van der Waals surface area contributed by atoms with E-state index in [1.165, 1.54) is 0 Å². The van der Waals surface area contributed by atoms with Crippen LogP contribution in [0.1, 0.15) is 36.0 Å². The number of carbonyl (C=O) groups is 2. The second kappa shape index (κ2) is 8.65. The van der Waals surface area contributed by atoms with Gasteiger partial charge in [0.2, 0.25) is 5.91 Å². The first-order valence-electron chi connectivity index (χ1n) is 8.64. The van der Waals surface area contributed by atoms with E-state index in [1.807, 2.05) is 36.2 Å². The number of Topliss-reactive ketones (excluding diaryl/α,β-unsaturated/α-hetero) is 1. The summed E-state index contributed by atoms with van der Waals surface area (Å²) in [6, 6.07) is 7.48. The SMILES string of the molecule is O=C1CCC(=O)N(CCCCSN2CCOCC2)c2ccccc21. The highest BCUT2D eigenvalue weighted by Crippen LogP contribution is 2.27. The minimum absolute atomic E-state index is 0.0640.